The van der Waals surface area contributed by atoms with E-state index in [0.717, 1.165) is 6.54 Å². The molecule has 3 rings (SSSR count). The number of aromatic nitrogens is 1. The highest BCUT2D eigenvalue weighted by atomic mass is 15.0. The van der Waals surface area contributed by atoms with Crippen LogP contribution in [0.4, 0.5) is 0 Å². The van der Waals surface area contributed by atoms with Gasteiger partial charge in [0.1, 0.15) is 0 Å². The fourth-order valence-corrected chi connectivity index (χ4v) is 2.43. The van der Waals surface area contributed by atoms with Gasteiger partial charge in [-0.25, -0.2) is 0 Å². The molecule has 2 heteroatoms. The Labute approximate surface area is 107 Å². The van der Waals surface area contributed by atoms with Gasteiger partial charge < -0.3 is 10.3 Å². The van der Waals surface area contributed by atoms with Crippen molar-refractivity contribution < 1.29 is 0 Å². The number of fused-ring (bicyclic) bond motifs is 1. The summed E-state index contributed by atoms with van der Waals surface area (Å²) in [5.74, 6) is 0. The van der Waals surface area contributed by atoms with Gasteiger partial charge in [0, 0.05) is 29.7 Å². The summed E-state index contributed by atoms with van der Waals surface area (Å²) in [5, 5.41) is 1.27. The van der Waals surface area contributed by atoms with Crippen LogP contribution in [-0.2, 0) is 6.54 Å². The number of para-hydroxylation sites is 1. The van der Waals surface area contributed by atoms with Gasteiger partial charge in [0.2, 0.25) is 0 Å². The Hall–Kier alpha value is -2.06. The topological polar surface area (TPSA) is 30.9 Å². The first-order chi connectivity index (χ1) is 8.90. The molecular weight excluding hydrogens is 220 g/mol. The van der Waals surface area contributed by atoms with Gasteiger partial charge in [-0.15, -0.1) is 0 Å². The van der Waals surface area contributed by atoms with Crippen LogP contribution in [0.5, 0.6) is 0 Å². The number of nitrogens with zero attached hydrogens (tertiary/aromatic N) is 1. The van der Waals surface area contributed by atoms with Crippen LogP contribution in [0.1, 0.15) is 0 Å². The number of rotatable bonds is 3. The predicted octanol–water partition coefficient (Wildman–Crippen LogP) is 3.27. The molecule has 0 unspecified atom stereocenters. The highest BCUT2D eigenvalue weighted by Gasteiger charge is 2.08. The van der Waals surface area contributed by atoms with Gasteiger partial charge >= 0.3 is 0 Å². The summed E-state index contributed by atoms with van der Waals surface area (Å²) in [7, 11) is 0. The monoisotopic (exact) mass is 236 g/mol. The fraction of sp³-hybridized carbons (Fsp3) is 0.125. The van der Waals surface area contributed by atoms with Crippen LogP contribution in [0.25, 0.3) is 22.2 Å². The number of benzene rings is 2. The molecular formula is C16H16N2. The molecule has 0 saturated carbocycles. The lowest BCUT2D eigenvalue weighted by molar-refractivity contribution is 0.742. The predicted molar refractivity (Wildman–Crippen MR) is 76.4 cm³/mol. The first-order valence-corrected chi connectivity index (χ1v) is 6.24. The van der Waals surface area contributed by atoms with Gasteiger partial charge in [-0.05, 0) is 17.7 Å². The smallest absolute Gasteiger partial charge is 0.0491 e. The van der Waals surface area contributed by atoms with Crippen molar-refractivity contribution in [3.05, 3.63) is 60.7 Å². The zero-order valence-corrected chi connectivity index (χ0v) is 10.2. The molecule has 0 amide bonds. The second-order valence-electron chi connectivity index (χ2n) is 4.39. The van der Waals surface area contributed by atoms with E-state index in [4.69, 9.17) is 5.73 Å². The molecule has 0 fully saturated rings. The highest BCUT2D eigenvalue weighted by molar-refractivity contribution is 5.87. The quantitative estimate of drug-likeness (QED) is 0.743. The van der Waals surface area contributed by atoms with Crippen LogP contribution < -0.4 is 5.73 Å². The van der Waals surface area contributed by atoms with Crippen LogP contribution in [-0.4, -0.2) is 11.1 Å². The van der Waals surface area contributed by atoms with E-state index in [9.17, 15) is 0 Å². The van der Waals surface area contributed by atoms with Gasteiger partial charge in [0.15, 0.2) is 0 Å². The molecule has 1 aromatic heterocycles. The molecule has 0 atom stereocenters. The van der Waals surface area contributed by atoms with Crippen molar-refractivity contribution in [1.29, 1.82) is 0 Å². The van der Waals surface area contributed by atoms with Crippen LogP contribution in [0.3, 0.4) is 0 Å². The SMILES string of the molecule is NCCn1c(-c2ccccc2)cc2ccccc21. The third kappa shape index (κ3) is 1.81. The first kappa shape index (κ1) is 11.1. The third-order valence-corrected chi connectivity index (χ3v) is 3.23. The molecule has 0 spiro atoms. The van der Waals surface area contributed by atoms with Gasteiger partial charge in [-0.1, -0.05) is 48.5 Å². The Morgan fingerprint density at radius 1 is 0.889 bits per heavy atom. The molecule has 0 bridgehead atoms. The maximum Gasteiger partial charge on any atom is 0.0491 e. The van der Waals surface area contributed by atoms with Gasteiger partial charge in [0.25, 0.3) is 0 Å². The van der Waals surface area contributed by atoms with Crippen LogP contribution >= 0.6 is 0 Å². The van der Waals surface area contributed by atoms with E-state index >= 15 is 0 Å². The third-order valence-electron chi connectivity index (χ3n) is 3.23. The lowest BCUT2D eigenvalue weighted by atomic mass is 10.1. The zero-order valence-electron chi connectivity index (χ0n) is 10.2. The zero-order chi connectivity index (χ0) is 12.4. The fourth-order valence-electron chi connectivity index (χ4n) is 2.43. The lowest BCUT2D eigenvalue weighted by Gasteiger charge is -2.09. The average Bonchev–Trinajstić information content (AvgIpc) is 2.80. The summed E-state index contributed by atoms with van der Waals surface area (Å²) >= 11 is 0. The summed E-state index contributed by atoms with van der Waals surface area (Å²) in [5.41, 5.74) is 9.46. The Bertz CT molecular complexity index is 653. The van der Waals surface area contributed by atoms with E-state index in [1.54, 1.807) is 0 Å². The molecule has 2 nitrogen and oxygen atoms in total. The maximum atomic E-state index is 5.74. The summed E-state index contributed by atoms with van der Waals surface area (Å²) in [4.78, 5) is 0. The van der Waals surface area contributed by atoms with Crippen molar-refractivity contribution in [1.82, 2.24) is 4.57 Å². The van der Waals surface area contributed by atoms with Crippen molar-refractivity contribution in [2.45, 2.75) is 6.54 Å². The van der Waals surface area contributed by atoms with Gasteiger partial charge in [-0.3, -0.25) is 0 Å². The standard InChI is InChI=1S/C16H16N2/c17-10-11-18-15-9-5-4-8-14(15)12-16(18)13-6-2-1-3-7-13/h1-9,12H,10-11,17H2. The van der Waals surface area contributed by atoms with Crippen molar-refractivity contribution in [2.24, 2.45) is 5.73 Å². The minimum atomic E-state index is 0.651. The molecule has 90 valence electrons. The largest absolute Gasteiger partial charge is 0.339 e. The molecule has 0 saturated heterocycles. The highest BCUT2D eigenvalue weighted by Crippen LogP contribution is 2.27. The summed E-state index contributed by atoms with van der Waals surface area (Å²) in [6.45, 7) is 1.50. The second kappa shape index (κ2) is 4.67. The Morgan fingerprint density at radius 2 is 1.61 bits per heavy atom. The Kier molecular flexibility index (Phi) is 2.87. The average molecular weight is 236 g/mol. The summed E-state index contributed by atoms with van der Waals surface area (Å²) in [6, 6.07) is 21.1. The molecule has 3 aromatic rings. The van der Waals surface area contributed by atoms with Crippen molar-refractivity contribution in [3.63, 3.8) is 0 Å². The second-order valence-corrected chi connectivity index (χ2v) is 4.39. The Morgan fingerprint density at radius 3 is 2.39 bits per heavy atom. The maximum absolute atomic E-state index is 5.74. The Balaban J connectivity index is 2.25. The molecule has 0 radical (unpaired) electrons. The molecule has 1 heterocycles. The lowest BCUT2D eigenvalue weighted by Crippen LogP contribution is -2.10. The summed E-state index contributed by atoms with van der Waals surface area (Å²) < 4.78 is 2.30. The molecule has 0 aliphatic heterocycles. The molecule has 0 aliphatic carbocycles. The van der Waals surface area contributed by atoms with E-state index < -0.39 is 0 Å². The molecule has 0 aliphatic rings. The van der Waals surface area contributed by atoms with E-state index in [1.807, 2.05) is 6.07 Å². The van der Waals surface area contributed by atoms with E-state index in [-0.39, 0.29) is 0 Å². The number of hydrogen-bond donors (Lipinski definition) is 1. The van der Waals surface area contributed by atoms with E-state index in [2.05, 4.69) is 59.2 Å². The van der Waals surface area contributed by atoms with Gasteiger partial charge in [-0.2, -0.15) is 0 Å². The van der Waals surface area contributed by atoms with E-state index in [1.165, 1.54) is 22.2 Å². The van der Waals surface area contributed by atoms with Crippen molar-refractivity contribution >= 4 is 10.9 Å². The minimum absolute atomic E-state index is 0.651. The number of hydrogen-bond acceptors (Lipinski definition) is 1. The first-order valence-electron chi connectivity index (χ1n) is 6.24. The van der Waals surface area contributed by atoms with Crippen molar-refractivity contribution in [3.8, 4) is 11.3 Å². The molecule has 2 N–H and O–H groups in total. The molecule has 18 heavy (non-hydrogen) atoms. The van der Waals surface area contributed by atoms with Gasteiger partial charge in [0.05, 0.1) is 0 Å². The van der Waals surface area contributed by atoms with Crippen LogP contribution in [0, 0.1) is 0 Å². The van der Waals surface area contributed by atoms with Crippen LogP contribution in [0.2, 0.25) is 0 Å². The summed E-state index contributed by atoms with van der Waals surface area (Å²) in [6.07, 6.45) is 0. The normalized spacial score (nSPS) is 10.9. The minimum Gasteiger partial charge on any atom is -0.339 e. The van der Waals surface area contributed by atoms with Crippen LogP contribution in [0.15, 0.2) is 60.7 Å². The number of nitrogens with two attached hydrogens (primary N) is 1. The van der Waals surface area contributed by atoms with Crippen molar-refractivity contribution in [2.75, 3.05) is 6.54 Å². The molecule has 2 aromatic carbocycles. The van der Waals surface area contributed by atoms with E-state index in [0.29, 0.717) is 6.54 Å².